The molecule has 10 nitrogen and oxygen atoms in total. The Morgan fingerprint density at radius 3 is 1.91 bits per heavy atom. The largest absolute Gasteiger partial charge is 0.411 e. The number of oxime groups is 3. The Labute approximate surface area is 146 Å². The van der Waals surface area contributed by atoms with Crippen LogP contribution >= 0.6 is 24.0 Å². The summed E-state index contributed by atoms with van der Waals surface area (Å²) >= 11 is 4.96. The van der Waals surface area contributed by atoms with Crippen LogP contribution in [0.3, 0.4) is 0 Å². The van der Waals surface area contributed by atoms with Gasteiger partial charge in [0, 0.05) is 12.6 Å². The number of hydrogen-bond acceptors (Lipinski definition) is 10. The molecular weight excluding hydrogens is 355 g/mol. The van der Waals surface area contributed by atoms with Crippen molar-refractivity contribution in [2.75, 3.05) is 6.61 Å². The minimum absolute atomic E-state index is 0. The summed E-state index contributed by atoms with van der Waals surface area (Å²) in [6.45, 7) is 6.53. The van der Waals surface area contributed by atoms with Gasteiger partial charge in [0.2, 0.25) is 0 Å². The van der Waals surface area contributed by atoms with Gasteiger partial charge in [0.25, 0.3) is 0 Å². The lowest BCUT2D eigenvalue weighted by atomic mass is 10.2. The molecule has 1 heterocycles. The van der Waals surface area contributed by atoms with E-state index in [0.717, 1.165) is 18.4 Å². The van der Waals surface area contributed by atoms with Crippen LogP contribution in [0.5, 0.6) is 0 Å². The number of nitrogens with two attached hydrogens (primary N) is 1. The van der Waals surface area contributed by atoms with Gasteiger partial charge in [-0.15, -0.1) is 17.6 Å². The normalized spacial score (nSPS) is 14.5. The van der Waals surface area contributed by atoms with E-state index < -0.39 is 0 Å². The number of hydrogen-bond donors (Lipinski definition) is 5. The molecule has 0 bridgehead atoms. The molecule has 12 heteroatoms. The number of nitrogens with zero attached hydrogens (tertiary/aromatic N) is 3. The Balaban J connectivity index is -0.0000000637. The van der Waals surface area contributed by atoms with E-state index in [-0.39, 0.29) is 30.3 Å². The van der Waals surface area contributed by atoms with E-state index in [1.54, 1.807) is 6.92 Å². The fourth-order valence-electron chi connectivity index (χ4n) is 0.666. The van der Waals surface area contributed by atoms with Crippen LogP contribution in [0.4, 0.5) is 0 Å². The molecule has 1 aliphatic heterocycles. The molecule has 6 N–H and O–H groups in total. The van der Waals surface area contributed by atoms with Gasteiger partial charge in [-0.1, -0.05) is 21.9 Å². The number of aliphatic hydroxyl groups excluding tert-OH is 1. The van der Waals surface area contributed by atoms with Crippen LogP contribution in [0.2, 0.25) is 0 Å². The fourth-order valence-corrected chi connectivity index (χ4v) is 0.666. The first-order valence-electron chi connectivity index (χ1n) is 5.85. The molecule has 0 fully saturated rings. The minimum Gasteiger partial charge on any atom is -0.411 e. The van der Waals surface area contributed by atoms with Crippen molar-refractivity contribution in [2.24, 2.45) is 21.4 Å². The third kappa shape index (κ3) is 44.9. The van der Waals surface area contributed by atoms with Gasteiger partial charge in [-0.3, -0.25) is 0 Å². The third-order valence-electron chi connectivity index (χ3n) is 1.34. The first kappa shape index (κ1) is 33.2. The number of rotatable bonds is 1. The first-order chi connectivity index (χ1) is 10.4. The molecule has 0 saturated carbocycles. The van der Waals surface area contributed by atoms with Gasteiger partial charge in [-0.25, -0.2) is 5.90 Å². The van der Waals surface area contributed by atoms with E-state index in [1.807, 2.05) is 6.92 Å². The standard InChI is InChI=1S/C5H9NO2.C2H4ClNO.C2H5NO.C2H4O.ClH.H3NO/c1-4-2-5(3-7)8-6-4;1-2(3)4-5;1-2-3-4;1-2-3;;1-2/h5,7H,2-3H2,1H3;5H,1H3;2,4H,1H3;2H,1H3;1H;2H,1H2/b;4-2-;3-2+;;;. The molecule has 23 heavy (non-hydrogen) atoms. The van der Waals surface area contributed by atoms with Gasteiger partial charge >= 0.3 is 0 Å². The Morgan fingerprint density at radius 2 is 1.83 bits per heavy atom. The highest BCUT2D eigenvalue weighted by Gasteiger charge is 2.15. The minimum atomic E-state index is -0.0741. The second-order valence-electron chi connectivity index (χ2n) is 3.15. The van der Waals surface area contributed by atoms with Gasteiger partial charge in [0.15, 0.2) is 6.10 Å². The summed E-state index contributed by atoms with van der Waals surface area (Å²) in [5, 5.41) is 39.0. The molecule has 1 aliphatic rings. The zero-order valence-corrected chi connectivity index (χ0v) is 15.0. The van der Waals surface area contributed by atoms with E-state index in [4.69, 9.17) is 42.0 Å². The fraction of sp³-hybridized carbons (Fsp3) is 0.636. The molecule has 0 spiro atoms. The number of halogens is 2. The van der Waals surface area contributed by atoms with Crippen molar-refractivity contribution in [1.82, 2.24) is 0 Å². The summed E-state index contributed by atoms with van der Waals surface area (Å²) < 4.78 is 0. The molecule has 1 atom stereocenters. The lowest BCUT2D eigenvalue weighted by Crippen LogP contribution is -2.11. The SMILES string of the molecule is C/C(Cl)=N/O.C/C=N/O.CC1=NOC(CO)C1.CC=O.Cl.NO. The average Bonchev–Trinajstić information content (AvgIpc) is 2.96. The number of aliphatic hydroxyl groups is 1. The summed E-state index contributed by atoms with van der Waals surface area (Å²) in [6, 6.07) is 0. The Bertz CT molecular complexity index is 309. The molecule has 0 aromatic heterocycles. The van der Waals surface area contributed by atoms with Crippen molar-refractivity contribution < 1.29 is 30.4 Å². The highest BCUT2D eigenvalue weighted by atomic mass is 35.5. The highest BCUT2D eigenvalue weighted by Crippen LogP contribution is 2.07. The Hall–Kier alpha value is -1.46. The molecule has 0 saturated heterocycles. The maximum Gasteiger partial charge on any atom is 0.155 e. The van der Waals surface area contributed by atoms with Crippen LogP contribution in [-0.4, -0.2) is 56.8 Å². The van der Waals surface area contributed by atoms with Crippen LogP contribution in [0.15, 0.2) is 15.5 Å². The zero-order chi connectivity index (χ0) is 18.4. The van der Waals surface area contributed by atoms with E-state index in [2.05, 4.69) is 21.4 Å². The van der Waals surface area contributed by atoms with Crippen molar-refractivity contribution >= 4 is 47.4 Å². The van der Waals surface area contributed by atoms with Crippen molar-refractivity contribution in [3.63, 3.8) is 0 Å². The number of carbonyl (C=O) groups is 1. The van der Waals surface area contributed by atoms with E-state index >= 15 is 0 Å². The smallest absolute Gasteiger partial charge is 0.155 e. The third-order valence-corrected chi connectivity index (χ3v) is 1.41. The van der Waals surface area contributed by atoms with Crippen LogP contribution in [0.1, 0.15) is 34.1 Å². The summed E-state index contributed by atoms with van der Waals surface area (Å²) in [5.74, 6) is 3.50. The molecule has 1 unspecified atom stereocenters. The second-order valence-corrected chi connectivity index (χ2v) is 3.69. The lowest BCUT2D eigenvalue weighted by Gasteiger charge is -1.99. The second kappa shape index (κ2) is 32.5. The monoisotopic (exact) mass is 380 g/mol. The molecule has 0 amide bonds. The van der Waals surface area contributed by atoms with Crippen molar-refractivity contribution in [1.29, 1.82) is 0 Å². The average molecular weight is 381 g/mol. The molecule has 0 aromatic rings. The first-order valence-corrected chi connectivity index (χ1v) is 6.23. The summed E-state index contributed by atoms with van der Waals surface area (Å²) in [6.07, 6.45) is 2.76. The van der Waals surface area contributed by atoms with Gasteiger partial charge in [0.1, 0.15) is 11.5 Å². The van der Waals surface area contributed by atoms with Gasteiger partial charge in [-0.2, -0.15) is 0 Å². The molecule has 1 rings (SSSR count). The van der Waals surface area contributed by atoms with Gasteiger partial charge in [0.05, 0.1) is 12.3 Å². The quantitative estimate of drug-likeness (QED) is 0.199. The van der Waals surface area contributed by atoms with E-state index in [9.17, 15) is 0 Å². The van der Waals surface area contributed by atoms with Crippen LogP contribution in [-0.2, 0) is 9.63 Å². The highest BCUT2D eigenvalue weighted by molar-refractivity contribution is 6.64. The topological polar surface area (TPSA) is 170 Å². The molecule has 0 radical (unpaired) electrons. The van der Waals surface area contributed by atoms with E-state index in [1.165, 1.54) is 20.1 Å². The van der Waals surface area contributed by atoms with Crippen LogP contribution in [0.25, 0.3) is 0 Å². The Morgan fingerprint density at radius 1 is 1.48 bits per heavy atom. The Kier molecular flexibility index (Phi) is 46.9. The predicted molar refractivity (Wildman–Crippen MR) is 91.3 cm³/mol. The molecular formula is C11H26Cl2N4O6. The van der Waals surface area contributed by atoms with Crippen molar-refractivity contribution in [3.05, 3.63) is 0 Å². The zero-order valence-electron chi connectivity index (χ0n) is 13.5. The van der Waals surface area contributed by atoms with Crippen molar-refractivity contribution in [3.8, 4) is 0 Å². The summed E-state index contributed by atoms with van der Waals surface area (Å²) in [4.78, 5) is 13.6. The predicted octanol–water partition coefficient (Wildman–Crippen LogP) is 1.60. The molecule has 0 aliphatic carbocycles. The summed E-state index contributed by atoms with van der Waals surface area (Å²) in [5.41, 5.74) is 0.962. The van der Waals surface area contributed by atoms with E-state index in [0.29, 0.717) is 0 Å². The summed E-state index contributed by atoms with van der Waals surface area (Å²) in [7, 11) is 0. The van der Waals surface area contributed by atoms with Gasteiger partial charge < -0.3 is 30.4 Å². The number of carbonyl (C=O) groups excluding carboxylic acids is 1. The van der Waals surface area contributed by atoms with Crippen molar-refractivity contribution in [2.45, 2.75) is 40.2 Å². The number of aldehydes is 1. The lowest BCUT2D eigenvalue weighted by molar-refractivity contribution is -0.106. The molecule has 140 valence electrons. The maximum atomic E-state index is 8.81. The van der Waals surface area contributed by atoms with Crippen LogP contribution < -0.4 is 5.90 Å². The van der Waals surface area contributed by atoms with Gasteiger partial charge in [-0.05, 0) is 27.7 Å². The molecule has 0 aromatic carbocycles. The maximum absolute atomic E-state index is 8.81. The van der Waals surface area contributed by atoms with Crippen LogP contribution in [0, 0.1) is 0 Å².